The first-order chi connectivity index (χ1) is 33.8. The number of aromatic nitrogens is 3. The number of aryl methyl sites for hydroxylation is 1. The summed E-state index contributed by atoms with van der Waals surface area (Å²) in [7, 11) is 4.07. The Kier molecular flexibility index (Phi) is 42.1. The molecule has 0 aliphatic carbocycles. The summed E-state index contributed by atoms with van der Waals surface area (Å²) in [5, 5.41) is 16.9. The summed E-state index contributed by atoms with van der Waals surface area (Å²) in [5.41, 5.74) is 19.4. The number of rotatable bonds is 21. The van der Waals surface area contributed by atoms with Gasteiger partial charge in [-0.15, -0.1) is 44.2 Å². The van der Waals surface area contributed by atoms with E-state index in [1.54, 1.807) is 23.6 Å². The predicted octanol–water partition coefficient (Wildman–Crippen LogP) is 16.2. The maximum absolute atomic E-state index is 7.43. The van der Waals surface area contributed by atoms with E-state index in [1.807, 2.05) is 49.8 Å². The van der Waals surface area contributed by atoms with E-state index in [0.717, 1.165) is 83.6 Å². The number of hydrogen-bond acceptors (Lipinski definition) is 9. The Hall–Kier alpha value is -4.23. The number of fused-ring (bicyclic) bond motifs is 1. The minimum Gasteiger partial charge on any atom is -0.571 e. The third-order valence-corrected chi connectivity index (χ3v) is 12.2. The molecule has 6 N–H and O–H groups in total. The number of hydrogen-bond donors (Lipinski definition) is 6. The van der Waals surface area contributed by atoms with E-state index >= 15 is 0 Å². The zero-order valence-electron chi connectivity index (χ0n) is 46.0. The number of H-pyrrole nitrogens is 1. The fourth-order valence-corrected chi connectivity index (χ4v) is 7.25. The van der Waals surface area contributed by atoms with Crippen LogP contribution in [0.1, 0.15) is 141 Å². The van der Waals surface area contributed by atoms with Gasteiger partial charge >= 0.3 is 0 Å². The van der Waals surface area contributed by atoms with E-state index in [4.69, 9.17) is 5.41 Å². The second-order valence-corrected chi connectivity index (χ2v) is 19.1. The standard InChI is InChI=1S/C17H26N3.C14H22N4.C13H14N2S.C6H14.C5H11N.2C2H4.Y/c1-3-5-6-7-8-9-12-19-20-17-11-10-15(4-2)13-16(17)14-18;1-4-5-8-18(3)10-14-16-12-7-6-11(15-2)9-13(12)17-14;1-3-14-8-11-4-6-12(7-5-11)13-10(2)15-9-16-13;1-5-6(2,3)4;1-5-2-3-6-4-5;2*1-2;/h4,10-11,13-14,18,20H,2-3,5-9,12H2,1H3;6-7,9,15H,4-5,8,10H2,1-3H3,(H,16,17);3-7,9,14H,1,8H2,2H3;5H2,1-4H3;5-6H,2-4H2,1H3;2*1-2H2;/q-1;;;;;;;. The van der Waals surface area contributed by atoms with Crippen molar-refractivity contribution in [3.05, 3.63) is 145 Å². The Balaban J connectivity index is 0. The maximum Gasteiger partial charge on any atom is 0.121 e. The first-order valence-electron chi connectivity index (χ1n) is 25.4. The van der Waals surface area contributed by atoms with E-state index in [0.29, 0.717) is 5.41 Å². The first kappa shape index (κ1) is 68.9. The first-order valence-corrected chi connectivity index (χ1v) is 26.3. The van der Waals surface area contributed by atoms with Crippen LogP contribution in [-0.4, -0.2) is 66.3 Å². The average Bonchev–Trinajstić information content (AvgIpc) is 4.16. The van der Waals surface area contributed by atoms with Crippen molar-refractivity contribution in [2.75, 3.05) is 51.0 Å². The van der Waals surface area contributed by atoms with E-state index in [1.165, 1.54) is 93.1 Å². The molecule has 1 atom stereocenters. The van der Waals surface area contributed by atoms with Crippen molar-refractivity contribution in [2.24, 2.45) is 11.3 Å². The smallest absolute Gasteiger partial charge is 0.121 e. The van der Waals surface area contributed by atoms with Gasteiger partial charge in [0.1, 0.15) is 5.82 Å². The van der Waals surface area contributed by atoms with Gasteiger partial charge in [-0.3, -0.25) is 4.90 Å². The number of anilines is 2. The monoisotopic (exact) mass is 1060 g/mol. The van der Waals surface area contributed by atoms with Crippen molar-refractivity contribution in [1.29, 1.82) is 5.41 Å². The molecular formula is C59H95N10SY-. The molecule has 0 saturated carbocycles. The van der Waals surface area contributed by atoms with Gasteiger partial charge in [-0.1, -0.05) is 149 Å². The molecule has 1 aliphatic heterocycles. The van der Waals surface area contributed by atoms with Gasteiger partial charge in [0.05, 0.1) is 33.7 Å². The van der Waals surface area contributed by atoms with Crippen molar-refractivity contribution < 1.29 is 32.7 Å². The van der Waals surface area contributed by atoms with Gasteiger partial charge < -0.3 is 37.2 Å². The zero-order chi connectivity index (χ0) is 52.6. The second kappa shape index (κ2) is 43.4. The average molecular weight is 1070 g/mol. The number of nitrogens with one attached hydrogen (secondary N) is 6. The number of aromatic amines is 1. The Labute approximate surface area is 462 Å². The summed E-state index contributed by atoms with van der Waals surface area (Å²) in [6.07, 6.45) is 17.6. The second-order valence-electron chi connectivity index (χ2n) is 18.3. The molecule has 0 amide bonds. The summed E-state index contributed by atoms with van der Waals surface area (Å²) in [4.78, 5) is 15.8. The Morgan fingerprint density at radius 1 is 0.915 bits per heavy atom. The number of thiazole rings is 1. The van der Waals surface area contributed by atoms with E-state index in [9.17, 15) is 0 Å². The molecule has 391 valence electrons. The number of benzene rings is 3. The van der Waals surface area contributed by atoms with Crippen LogP contribution in [0.2, 0.25) is 0 Å². The minimum atomic E-state index is 0. The molecule has 1 fully saturated rings. The van der Waals surface area contributed by atoms with Crippen LogP contribution in [0.3, 0.4) is 0 Å². The number of unbranched alkanes of at least 4 members (excludes halogenated alkanes) is 6. The SMILES string of the molecule is C=C.C=C.C=CNCc1ccc(-c2scnc2C)cc1.C=Cc1ccc(N[N-]CCCCCCCC)c(C=N)c1.CC1CCNC1.CCC(C)(C)C.CCCCN(C)Cc1nc2ccc(NC)cc2[nH]1.[Y]. The summed E-state index contributed by atoms with van der Waals surface area (Å²) >= 11 is 1.68. The van der Waals surface area contributed by atoms with Gasteiger partial charge in [-0.05, 0) is 111 Å². The van der Waals surface area contributed by atoms with E-state index < -0.39 is 0 Å². The molecule has 0 bridgehead atoms. The minimum absolute atomic E-state index is 0. The molecule has 12 heteroatoms. The molecule has 10 nitrogen and oxygen atoms in total. The maximum atomic E-state index is 7.43. The largest absolute Gasteiger partial charge is 0.571 e. The van der Waals surface area contributed by atoms with Crippen LogP contribution in [0, 0.1) is 23.7 Å². The summed E-state index contributed by atoms with van der Waals surface area (Å²) < 4.78 is 0. The molecular weight excluding hydrogens is 970 g/mol. The summed E-state index contributed by atoms with van der Waals surface area (Å²) in [6.45, 7) is 43.2. The zero-order valence-corrected chi connectivity index (χ0v) is 49.6. The van der Waals surface area contributed by atoms with Crippen LogP contribution in [0.5, 0.6) is 0 Å². The molecule has 6 rings (SSSR count). The molecule has 3 aromatic carbocycles. The van der Waals surface area contributed by atoms with Gasteiger partial charge in [0.2, 0.25) is 0 Å². The third kappa shape index (κ3) is 31.8. The molecule has 71 heavy (non-hydrogen) atoms. The third-order valence-electron chi connectivity index (χ3n) is 11.2. The van der Waals surface area contributed by atoms with Crippen molar-refractivity contribution in [1.82, 2.24) is 30.5 Å². The Morgan fingerprint density at radius 2 is 1.58 bits per heavy atom. The Morgan fingerprint density at radius 3 is 2.10 bits per heavy atom. The van der Waals surface area contributed by atoms with Gasteiger partial charge in [0.25, 0.3) is 0 Å². The molecule has 5 aromatic rings. The van der Waals surface area contributed by atoms with Gasteiger partial charge in [-0.25, -0.2) is 9.97 Å². The van der Waals surface area contributed by atoms with Crippen LogP contribution in [0.25, 0.3) is 33.0 Å². The van der Waals surface area contributed by atoms with Crippen molar-refractivity contribution >= 4 is 46.0 Å². The number of imidazole rings is 1. The van der Waals surface area contributed by atoms with Gasteiger partial charge in [0.15, 0.2) is 0 Å². The molecule has 3 heterocycles. The van der Waals surface area contributed by atoms with Crippen molar-refractivity contribution in [2.45, 2.75) is 133 Å². The fraction of sp³-hybridized carbons (Fsp3) is 0.475. The van der Waals surface area contributed by atoms with E-state index in [2.05, 4.69) is 172 Å². The van der Waals surface area contributed by atoms with Crippen LogP contribution >= 0.6 is 11.3 Å². The van der Waals surface area contributed by atoms with Crippen LogP contribution in [-0.2, 0) is 45.8 Å². The fourth-order valence-electron chi connectivity index (χ4n) is 6.44. The van der Waals surface area contributed by atoms with Gasteiger partial charge in [0, 0.05) is 69.5 Å². The molecule has 1 radical (unpaired) electrons. The topological polar surface area (TPSA) is 131 Å². The van der Waals surface area contributed by atoms with Crippen LogP contribution in [0.15, 0.2) is 112 Å². The normalized spacial score (nSPS) is 12.1. The summed E-state index contributed by atoms with van der Waals surface area (Å²) in [6, 6.07) is 20.6. The summed E-state index contributed by atoms with van der Waals surface area (Å²) in [5.74, 6) is 1.97. The Bertz CT molecular complexity index is 2080. The van der Waals surface area contributed by atoms with Gasteiger partial charge in [-0.2, -0.15) is 0 Å². The van der Waals surface area contributed by atoms with Crippen LogP contribution in [0.4, 0.5) is 11.4 Å². The molecule has 1 saturated heterocycles. The van der Waals surface area contributed by atoms with Crippen molar-refractivity contribution in [3.8, 4) is 10.4 Å². The quantitative estimate of drug-likeness (QED) is 0.0187. The number of nitrogens with zero attached hydrogens (tertiary/aromatic N) is 4. The molecule has 1 aliphatic rings. The molecule has 0 spiro atoms. The molecule has 2 aromatic heterocycles. The molecule has 1 unspecified atom stereocenters. The van der Waals surface area contributed by atoms with E-state index in [-0.39, 0.29) is 32.7 Å². The van der Waals surface area contributed by atoms with Crippen molar-refractivity contribution in [3.63, 3.8) is 0 Å². The predicted molar refractivity (Wildman–Crippen MR) is 315 cm³/mol. The van der Waals surface area contributed by atoms with Crippen LogP contribution < -0.4 is 21.4 Å².